The number of nitrogens with zero attached hydrogens (tertiary/aromatic N) is 1. The van der Waals surface area contributed by atoms with Crippen molar-refractivity contribution in [3.63, 3.8) is 0 Å². The number of nitrogens with one attached hydrogen (secondary N) is 1. The fourth-order valence-electron chi connectivity index (χ4n) is 2.10. The molecule has 19 heavy (non-hydrogen) atoms. The van der Waals surface area contributed by atoms with Crippen LogP contribution in [-0.2, 0) is 10.0 Å². The average Bonchev–Trinajstić information content (AvgIpc) is 2.28. The molecule has 108 valence electrons. The van der Waals surface area contributed by atoms with E-state index in [4.69, 9.17) is 0 Å². The largest absolute Gasteiger partial charge is 0.317 e. The molecule has 1 fully saturated rings. The van der Waals surface area contributed by atoms with Crippen LogP contribution in [0.25, 0.3) is 0 Å². The molecule has 1 aliphatic heterocycles. The van der Waals surface area contributed by atoms with Gasteiger partial charge in [-0.1, -0.05) is 17.7 Å². The van der Waals surface area contributed by atoms with Crippen LogP contribution in [0.1, 0.15) is 18.4 Å². The zero-order valence-corrected chi connectivity index (χ0v) is 13.7. The van der Waals surface area contributed by atoms with E-state index in [0.717, 1.165) is 31.5 Å². The maximum Gasteiger partial charge on any atom is 0.243 e. The number of hydrogen-bond acceptors (Lipinski definition) is 3. The summed E-state index contributed by atoms with van der Waals surface area (Å²) in [6.07, 6.45) is 1.73. The monoisotopic (exact) mass is 348 g/mol. The molecule has 0 atom stereocenters. The SMILES string of the molecule is Br.Cc1ccc(S(=O)(=O)N2CCCNCCC2)cc1. The lowest BCUT2D eigenvalue weighted by molar-refractivity contribution is 0.371. The minimum Gasteiger partial charge on any atom is -0.317 e. The Kier molecular flexibility index (Phi) is 6.46. The first-order valence-corrected chi connectivity index (χ1v) is 7.82. The first kappa shape index (κ1) is 16.6. The molecule has 0 spiro atoms. The van der Waals surface area contributed by atoms with Crippen molar-refractivity contribution in [3.05, 3.63) is 29.8 Å². The summed E-state index contributed by atoms with van der Waals surface area (Å²) in [6, 6.07) is 7.08. The topological polar surface area (TPSA) is 49.4 Å². The van der Waals surface area contributed by atoms with Crippen molar-refractivity contribution in [1.29, 1.82) is 0 Å². The quantitative estimate of drug-likeness (QED) is 0.888. The highest BCUT2D eigenvalue weighted by Gasteiger charge is 2.24. The van der Waals surface area contributed by atoms with Crippen molar-refractivity contribution in [2.24, 2.45) is 0 Å². The van der Waals surface area contributed by atoms with Crippen molar-refractivity contribution in [2.75, 3.05) is 26.2 Å². The molecule has 0 radical (unpaired) electrons. The molecule has 0 saturated carbocycles. The summed E-state index contributed by atoms with van der Waals surface area (Å²) in [5.41, 5.74) is 1.07. The number of halogens is 1. The predicted octanol–water partition coefficient (Wildman–Crippen LogP) is 1.95. The highest BCUT2D eigenvalue weighted by atomic mass is 79.9. The minimum atomic E-state index is -3.31. The second-order valence-electron chi connectivity index (χ2n) is 4.67. The van der Waals surface area contributed by atoms with Gasteiger partial charge in [0.1, 0.15) is 0 Å². The van der Waals surface area contributed by atoms with Gasteiger partial charge in [0, 0.05) is 13.1 Å². The van der Waals surface area contributed by atoms with Crippen LogP contribution in [0, 0.1) is 6.92 Å². The Morgan fingerprint density at radius 3 is 2.11 bits per heavy atom. The van der Waals surface area contributed by atoms with Gasteiger partial charge >= 0.3 is 0 Å². The maximum absolute atomic E-state index is 12.5. The van der Waals surface area contributed by atoms with Crippen LogP contribution < -0.4 is 5.32 Å². The summed E-state index contributed by atoms with van der Waals surface area (Å²) in [4.78, 5) is 0.404. The smallest absolute Gasteiger partial charge is 0.243 e. The van der Waals surface area contributed by atoms with E-state index in [1.807, 2.05) is 19.1 Å². The molecule has 1 saturated heterocycles. The van der Waals surface area contributed by atoms with E-state index in [1.165, 1.54) is 0 Å². The van der Waals surface area contributed by atoms with Gasteiger partial charge in [-0.05, 0) is 45.0 Å². The van der Waals surface area contributed by atoms with Crippen LogP contribution in [0.3, 0.4) is 0 Å². The molecule has 1 aromatic rings. The Hall–Kier alpha value is -0.430. The highest BCUT2D eigenvalue weighted by molar-refractivity contribution is 8.93. The van der Waals surface area contributed by atoms with Crippen molar-refractivity contribution in [1.82, 2.24) is 9.62 Å². The molecule has 4 nitrogen and oxygen atoms in total. The van der Waals surface area contributed by atoms with Gasteiger partial charge in [-0.25, -0.2) is 8.42 Å². The summed E-state index contributed by atoms with van der Waals surface area (Å²) in [5, 5.41) is 3.28. The molecule has 0 aliphatic carbocycles. The minimum absolute atomic E-state index is 0. The third-order valence-electron chi connectivity index (χ3n) is 3.18. The second kappa shape index (κ2) is 7.38. The van der Waals surface area contributed by atoms with Gasteiger partial charge in [0.15, 0.2) is 0 Å². The number of hydrogen-bond donors (Lipinski definition) is 1. The van der Waals surface area contributed by atoms with Crippen molar-refractivity contribution >= 4 is 27.0 Å². The lowest BCUT2D eigenvalue weighted by Gasteiger charge is -2.24. The molecule has 0 bridgehead atoms. The molecule has 1 heterocycles. The first-order valence-electron chi connectivity index (χ1n) is 6.38. The summed E-state index contributed by atoms with van der Waals surface area (Å²) >= 11 is 0. The molecule has 6 heteroatoms. The number of benzene rings is 1. The number of aryl methyl sites for hydroxylation is 1. The van der Waals surface area contributed by atoms with E-state index in [9.17, 15) is 8.42 Å². The van der Waals surface area contributed by atoms with Crippen molar-refractivity contribution in [2.45, 2.75) is 24.7 Å². The fraction of sp³-hybridized carbons (Fsp3) is 0.538. The lowest BCUT2D eigenvalue weighted by Crippen LogP contribution is -2.38. The van der Waals surface area contributed by atoms with E-state index in [2.05, 4.69) is 5.32 Å². The molecular weight excluding hydrogens is 328 g/mol. The van der Waals surface area contributed by atoms with E-state index >= 15 is 0 Å². The molecule has 0 unspecified atom stereocenters. The normalized spacial score (nSPS) is 18.2. The van der Waals surface area contributed by atoms with Gasteiger partial charge in [0.25, 0.3) is 0 Å². The van der Waals surface area contributed by atoms with Gasteiger partial charge in [-0.15, -0.1) is 17.0 Å². The van der Waals surface area contributed by atoms with Crippen molar-refractivity contribution in [3.8, 4) is 0 Å². The van der Waals surface area contributed by atoms with E-state index < -0.39 is 10.0 Å². The predicted molar refractivity (Wildman–Crippen MR) is 82.4 cm³/mol. The Labute approximate surface area is 126 Å². The summed E-state index contributed by atoms with van der Waals surface area (Å²) < 4.78 is 26.5. The van der Waals surface area contributed by atoms with Crippen LogP contribution >= 0.6 is 17.0 Å². The van der Waals surface area contributed by atoms with Gasteiger partial charge in [0.2, 0.25) is 10.0 Å². The Bertz CT molecular complexity index is 480. The summed E-state index contributed by atoms with van der Waals surface area (Å²) in [7, 11) is -3.31. The third kappa shape index (κ3) is 4.27. The third-order valence-corrected chi connectivity index (χ3v) is 5.09. The van der Waals surface area contributed by atoms with Crippen LogP contribution in [-0.4, -0.2) is 38.9 Å². The van der Waals surface area contributed by atoms with E-state index in [1.54, 1.807) is 16.4 Å². The number of sulfonamides is 1. The number of rotatable bonds is 2. The van der Waals surface area contributed by atoms with Gasteiger partial charge in [-0.2, -0.15) is 4.31 Å². The Morgan fingerprint density at radius 2 is 1.58 bits per heavy atom. The summed E-state index contributed by atoms with van der Waals surface area (Å²) in [5.74, 6) is 0. The van der Waals surface area contributed by atoms with E-state index in [0.29, 0.717) is 18.0 Å². The van der Waals surface area contributed by atoms with Gasteiger partial charge < -0.3 is 5.32 Å². The van der Waals surface area contributed by atoms with Crippen LogP contribution in [0.4, 0.5) is 0 Å². The van der Waals surface area contributed by atoms with E-state index in [-0.39, 0.29) is 17.0 Å². The summed E-state index contributed by atoms with van der Waals surface area (Å²) in [6.45, 7) is 4.93. The zero-order chi connectivity index (χ0) is 13.0. The fourth-order valence-corrected chi connectivity index (χ4v) is 3.61. The molecular formula is C13H21BrN2O2S. The Balaban J connectivity index is 0.00000180. The zero-order valence-electron chi connectivity index (χ0n) is 11.1. The maximum atomic E-state index is 12.5. The van der Waals surface area contributed by atoms with Crippen LogP contribution in [0.2, 0.25) is 0 Å². The molecule has 2 rings (SSSR count). The molecule has 1 aromatic carbocycles. The standard InChI is InChI=1S/C13H20N2O2S.BrH/c1-12-4-6-13(7-5-12)18(16,17)15-10-2-8-14-9-3-11-15;/h4-7,14H,2-3,8-11H2,1H3;1H. The van der Waals surface area contributed by atoms with Crippen molar-refractivity contribution < 1.29 is 8.42 Å². The van der Waals surface area contributed by atoms with Crippen LogP contribution in [0.15, 0.2) is 29.2 Å². The lowest BCUT2D eigenvalue weighted by atomic mass is 10.2. The molecule has 1 N–H and O–H groups in total. The highest BCUT2D eigenvalue weighted by Crippen LogP contribution is 2.17. The Morgan fingerprint density at radius 1 is 1.05 bits per heavy atom. The first-order chi connectivity index (χ1) is 8.60. The molecule has 0 amide bonds. The van der Waals surface area contributed by atoms with Gasteiger partial charge in [0.05, 0.1) is 4.90 Å². The molecule has 0 aromatic heterocycles. The van der Waals surface area contributed by atoms with Gasteiger partial charge in [-0.3, -0.25) is 0 Å². The second-order valence-corrected chi connectivity index (χ2v) is 6.61. The van der Waals surface area contributed by atoms with Crippen LogP contribution in [0.5, 0.6) is 0 Å². The molecule has 1 aliphatic rings. The average molecular weight is 349 g/mol.